The van der Waals surface area contributed by atoms with Gasteiger partial charge in [-0.05, 0) is 90.7 Å². The lowest BCUT2D eigenvalue weighted by Crippen LogP contribution is -2.05. The number of fused-ring (bicyclic) bond motifs is 9. The lowest BCUT2D eigenvalue weighted by Gasteiger charge is -2.18. The fourth-order valence-electron chi connectivity index (χ4n) is 7.77. The van der Waals surface area contributed by atoms with E-state index in [0.29, 0.717) is 5.56 Å². The Kier molecular flexibility index (Phi) is 5.64. The molecule has 3 aromatic heterocycles. The van der Waals surface area contributed by atoms with Crippen molar-refractivity contribution in [1.29, 1.82) is 5.26 Å². The molecule has 0 atom stereocenters. The van der Waals surface area contributed by atoms with Crippen molar-refractivity contribution >= 4 is 75.9 Å². The Bertz CT molecular complexity index is 2800. The average molecular weight is 618 g/mol. The molecule has 10 rings (SSSR count). The molecule has 1 aliphatic rings. The Morgan fingerprint density at radius 1 is 0.574 bits per heavy atom. The third-order valence-corrected chi connectivity index (χ3v) is 11.1. The number of benzene rings is 6. The van der Waals surface area contributed by atoms with Crippen LogP contribution in [0.5, 0.6) is 0 Å². The van der Waals surface area contributed by atoms with Crippen molar-refractivity contribution in [2.24, 2.45) is 0 Å². The van der Waals surface area contributed by atoms with Crippen LogP contribution in [0.25, 0.3) is 75.9 Å². The summed E-state index contributed by atoms with van der Waals surface area (Å²) < 4.78 is 7.52. The van der Waals surface area contributed by atoms with Crippen LogP contribution in [0.2, 0.25) is 0 Å². The third kappa shape index (κ3) is 3.84. The smallest absolute Gasteiger partial charge is 0.0991 e. The molecule has 0 saturated heterocycles. The van der Waals surface area contributed by atoms with Crippen LogP contribution >= 0.6 is 11.3 Å². The quantitative estimate of drug-likeness (QED) is 0.194. The molecular weight excluding hydrogens is 591 g/mol. The third-order valence-electron chi connectivity index (χ3n) is 9.89. The van der Waals surface area contributed by atoms with Crippen LogP contribution in [-0.2, 0) is 6.42 Å². The predicted molar refractivity (Wildman–Crippen MR) is 198 cm³/mol. The van der Waals surface area contributed by atoms with Gasteiger partial charge >= 0.3 is 0 Å². The maximum atomic E-state index is 9.34. The normalized spacial score (nSPS) is 13.0. The number of hydrogen-bond acceptors (Lipinski definition) is 2. The van der Waals surface area contributed by atoms with Crippen LogP contribution in [0, 0.1) is 11.3 Å². The summed E-state index contributed by atoms with van der Waals surface area (Å²) in [6, 6.07) is 50.1. The number of allylic oxidation sites excluding steroid dienone is 1. The zero-order valence-corrected chi connectivity index (χ0v) is 26.3. The average Bonchev–Trinajstić information content (AvgIpc) is 3.79. The minimum absolute atomic E-state index is 0.669. The van der Waals surface area contributed by atoms with E-state index >= 15 is 0 Å². The van der Waals surface area contributed by atoms with Crippen molar-refractivity contribution in [3.05, 3.63) is 156 Å². The van der Waals surface area contributed by atoms with Gasteiger partial charge in [0.05, 0.1) is 38.6 Å². The number of nitrogens with zero attached hydrogens (tertiary/aromatic N) is 3. The van der Waals surface area contributed by atoms with Gasteiger partial charge in [-0.3, -0.25) is 0 Å². The number of thiophene rings is 1. The van der Waals surface area contributed by atoms with Crippen molar-refractivity contribution in [2.45, 2.75) is 12.8 Å². The first-order valence-corrected chi connectivity index (χ1v) is 16.9. The molecule has 0 saturated carbocycles. The molecular formula is C43H27N3S. The van der Waals surface area contributed by atoms with Gasteiger partial charge in [-0.15, -0.1) is 11.3 Å². The van der Waals surface area contributed by atoms with Crippen LogP contribution in [0.3, 0.4) is 0 Å². The summed E-state index contributed by atoms with van der Waals surface area (Å²) in [5.74, 6) is 0. The number of hydrogen-bond donors (Lipinski definition) is 0. The van der Waals surface area contributed by atoms with Gasteiger partial charge in [-0.25, -0.2) is 0 Å². The minimum Gasteiger partial charge on any atom is -0.312 e. The molecule has 3 nitrogen and oxygen atoms in total. The monoisotopic (exact) mass is 617 g/mol. The highest BCUT2D eigenvalue weighted by Crippen LogP contribution is 2.43. The first-order chi connectivity index (χ1) is 23.3. The maximum Gasteiger partial charge on any atom is 0.0991 e. The van der Waals surface area contributed by atoms with E-state index in [1.807, 2.05) is 35.6 Å². The zero-order chi connectivity index (χ0) is 31.1. The molecule has 0 radical (unpaired) electrons. The van der Waals surface area contributed by atoms with Gasteiger partial charge in [0.25, 0.3) is 0 Å². The van der Waals surface area contributed by atoms with Crippen molar-refractivity contribution in [2.75, 3.05) is 0 Å². The van der Waals surface area contributed by atoms with Crippen LogP contribution in [0.4, 0.5) is 0 Å². The molecule has 3 heterocycles. The Morgan fingerprint density at radius 2 is 1.28 bits per heavy atom. The van der Waals surface area contributed by atoms with Gasteiger partial charge in [-0.1, -0.05) is 72.8 Å². The second-order valence-corrected chi connectivity index (χ2v) is 13.4. The molecule has 1 aliphatic carbocycles. The highest BCUT2D eigenvalue weighted by atomic mass is 32.1. The highest BCUT2D eigenvalue weighted by molar-refractivity contribution is 7.26. The van der Waals surface area contributed by atoms with E-state index in [0.717, 1.165) is 18.5 Å². The summed E-state index contributed by atoms with van der Waals surface area (Å²) in [7, 11) is 0. The second kappa shape index (κ2) is 10.1. The number of nitriles is 1. The molecule has 4 heteroatoms. The van der Waals surface area contributed by atoms with Crippen LogP contribution in [0.1, 0.15) is 28.8 Å². The van der Waals surface area contributed by atoms with Gasteiger partial charge in [-0.2, -0.15) is 5.26 Å². The summed E-state index contributed by atoms with van der Waals surface area (Å²) in [5.41, 5.74) is 12.0. The maximum absolute atomic E-state index is 9.34. The molecule has 0 unspecified atom stereocenters. The van der Waals surface area contributed by atoms with Gasteiger partial charge < -0.3 is 9.13 Å². The zero-order valence-electron chi connectivity index (χ0n) is 25.4. The Hall–Kier alpha value is -5.89. The summed E-state index contributed by atoms with van der Waals surface area (Å²) in [4.78, 5) is 0. The molecule has 0 spiro atoms. The van der Waals surface area contributed by atoms with Gasteiger partial charge in [0.2, 0.25) is 0 Å². The Balaban J connectivity index is 1.15. The van der Waals surface area contributed by atoms with Crippen LogP contribution in [-0.4, -0.2) is 9.13 Å². The molecule has 220 valence electrons. The summed E-state index contributed by atoms with van der Waals surface area (Å²) in [6.07, 6.45) is 4.40. The molecule has 9 aromatic rings. The fraction of sp³-hybridized carbons (Fsp3) is 0.0465. The minimum atomic E-state index is 0.669. The van der Waals surface area contributed by atoms with E-state index in [9.17, 15) is 5.26 Å². The molecule has 0 fully saturated rings. The molecule has 47 heavy (non-hydrogen) atoms. The van der Waals surface area contributed by atoms with E-state index in [2.05, 4.69) is 130 Å². The topological polar surface area (TPSA) is 33.6 Å². The van der Waals surface area contributed by atoms with E-state index in [1.165, 1.54) is 81.0 Å². The van der Waals surface area contributed by atoms with Crippen molar-refractivity contribution in [3.8, 4) is 17.4 Å². The standard InChI is InChI=1S/C43H27N3S/c44-26-27-16-20-30(21-17-27)45-37-12-4-1-8-31(37)35-24-28(18-22-39(35)45)29-19-23-40-36(25-29)32-9-2-5-13-38(32)46(40)41-14-7-11-34-33-10-3-6-15-42(33)47-43(34)41/h1-18,20-22,24-25H,19,23H2. The number of rotatable bonds is 3. The van der Waals surface area contributed by atoms with E-state index < -0.39 is 0 Å². The first kappa shape index (κ1) is 26.3. The van der Waals surface area contributed by atoms with E-state index in [-0.39, 0.29) is 0 Å². The fourth-order valence-corrected chi connectivity index (χ4v) is 8.98. The van der Waals surface area contributed by atoms with Crippen molar-refractivity contribution in [3.63, 3.8) is 0 Å². The summed E-state index contributed by atoms with van der Waals surface area (Å²) in [5, 5.41) is 15.8. The molecule has 0 N–H and O–H groups in total. The van der Waals surface area contributed by atoms with Gasteiger partial charge in [0.15, 0.2) is 0 Å². The Labute approximate surface area is 275 Å². The molecule has 6 aromatic carbocycles. The Morgan fingerprint density at radius 3 is 2.11 bits per heavy atom. The van der Waals surface area contributed by atoms with Gasteiger partial charge in [0.1, 0.15) is 0 Å². The highest BCUT2D eigenvalue weighted by Gasteiger charge is 2.24. The lowest BCUT2D eigenvalue weighted by molar-refractivity contribution is 0.902. The number of aromatic nitrogens is 2. The SMILES string of the molecule is N#Cc1ccc(-n2c3ccccc3c3cc(C4=Cc5c(n(-c6cccc7c6sc6ccccc67)c6ccccc56)CC4)ccc32)cc1. The summed E-state index contributed by atoms with van der Waals surface area (Å²) >= 11 is 1.89. The predicted octanol–water partition coefficient (Wildman–Crippen LogP) is 11.5. The van der Waals surface area contributed by atoms with Crippen molar-refractivity contribution < 1.29 is 0 Å². The second-order valence-electron chi connectivity index (χ2n) is 12.4. The van der Waals surface area contributed by atoms with Gasteiger partial charge in [0, 0.05) is 48.6 Å². The van der Waals surface area contributed by atoms with Crippen molar-refractivity contribution in [1.82, 2.24) is 9.13 Å². The number of para-hydroxylation sites is 2. The lowest BCUT2D eigenvalue weighted by atomic mass is 9.90. The molecule has 0 amide bonds. The molecule has 0 bridgehead atoms. The largest absolute Gasteiger partial charge is 0.312 e. The molecule has 0 aliphatic heterocycles. The van der Waals surface area contributed by atoms with Crippen LogP contribution < -0.4 is 0 Å². The van der Waals surface area contributed by atoms with Crippen LogP contribution in [0.15, 0.2) is 133 Å². The summed E-state index contributed by atoms with van der Waals surface area (Å²) in [6.45, 7) is 0. The van der Waals surface area contributed by atoms with E-state index in [1.54, 1.807) is 0 Å². The van der Waals surface area contributed by atoms with E-state index in [4.69, 9.17) is 0 Å². The first-order valence-electron chi connectivity index (χ1n) is 16.0.